The van der Waals surface area contributed by atoms with Crippen molar-refractivity contribution >= 4 is 22.8 Å². The zero-order valence-electron chi connectivity index (χ0n) is 19.4. The average Bonchev–Trinajstić information content (AvgIpc) is 2.89. The molecule has 0 bridgehead atoms. The van der Waals surface area contributed by atoms with E-state index in [0.29, 0.717) is 24.7 Å². The van der Waals surface area contributed by atoms with E-state index in [2.05, 4.69) is 15.6 Å². The van der Waals surface area contributed by atoms with Crippen molar-refractivity contribution in [1.29, 1.82) is 0 Å². The maximum Gasteiger partial charge on any atom is 0.315 e. The van der Waals surface area contributed by atoms with Crippen molar-refractivity contribution in [2.45, 2.75) is 57.0 Å². The van der Waals surface area contributed by atoms with Gasteiger partial charge < -0.3 is 15.5 Å². The largest absolute Gasteiger partial charge is 0.338 e. The lowest BCUT2D eigenvalue weighted by Crippen LogP contribution is -2.51. The molecule has 0 spiro atoms. The summed E-state index contributed by atoms with van der Waals surface area (Å²) < 4.78 is 0. The number of fused-ring (bicyclic) bond motifs is 1. The van der Waals surface area contributed by atoms with Gasteiger partial charge in [-0.2, -0.15) is 0 Å². The molecule has 176 valence electrons. The van der Waals surface area contributed by atoms with Gasteiger partial charge in [0.25, 0.3) is 5.91 Å². The molecule has 3 amide bonds. The Morgan fingerprint density at radius 1 is 0.853 bits per heavy atom. The highest BCUT2D eigenvalue weighted by Crippen LogP contribution is 2.26. The summed E-state index contributed by atoms with van der Waals surface area (Å²) in [5, 5.41) is 7.11. The predicted octanol–water partition coefficient (Wildman–Crippen LogP) is 4.53. The van der Waals surface area contributed by atoms with E-state index >= 15 is 0 Å². The monoisotopic (exact) mass is 457 g/mol. The summed E-state index contributed by atoms with van der Waals surface area (Å²) in [7, 11) is 0. The van der Waals surface area contributed by atoms with Crippen molar-refractivity contribution in [3.8, 4) is 11.3 Å². The van der Waals surface area contributed by atoms with Gasteiger partial charge in [0.2, 0.25) is 0 Å². The third-order valence-corrected chi connectivity index (χ3v) is 6.98. The molecule has 1 saturated carbocycles. The molecule has 2 N–H and O–H groups in total. The number of benzene rings is 1. The Balaban J connectivity index is 1.26. The van der Waals surface area contributed by atoms with Crippen molar-refractivity contribution in [1.82, 2.24) is 25.5 Å². The Kier molecular flexibility index (Phi) is 6.70. The van der Waals surface area contributed by atoms with Crippen molar-refractivity contribution < 1.29 is 9.59 Å². The molecule has 2 aromatic heterocycles. The van der Waals surface area contributed by atoms with Crippen molar-refractivity contribution in [3.63, 3.8) is 0 Å². The van der Waals surface area contributed by atoms with Gasteiger partial charge in [-0.25, -0.2) is 9.78 Å². The first kappa shape index (κ1) is 22.3. The second-order valence-electron chi connectivity index (χ2n) is 9.33. The van der Waals surface area contributed by atoms with Gasteiger partial charge in [-0.1, -0.05) is 37.5 Å². The molecule has 1 aliphatic carbocycles. The minimum Gasteiger partial charge on any atom is -0.338 e. The standard InChI is InChI=1S/C27H31N5O2/c33-26(32-16-12-21(13-17-32)30-27(34)29-20-6-2-1-3-7-20)23-18-25(19-10-14-28-15-11-19)31-24-9-5-4-8-22(23)24/h4-5,8-11,14-15,18,20-21H,1-3,6-7,12-13,16-17H2,(H2,29,30,34). The van der Waals surface area contributed by atoms with Crippen LogP contribution in [0.15, 0.2) is 54.9 Å². The number of aromatic nitrogens is 2. The summed E-state index contributed by atoms with van der Waals surface area (Å²) in [5.41, 5.74) is 3.16. The van der Waals surface area contributed by atoms with Crippen LogP contribution in [-0.2, 0) is 0 Å². The third-order valence-electron chi connectivity index (χ3n) is 6.98. The first-order valence-electron chi connectivity index (χ1n) is 12.3. The van der Waals surface area contributed by atoms with Crippen LogP contribution >= 0.6 is 0 Å². The van der Waals surface area contributed by atoms with Crippen LogP contribution in [-0.4, -0.2) is 52.0 Å². The topological polar surface area (TPSA) is 87.2 Å². The quantitative estimate of drug-likeness (QED) is 0.602. The normalized spacial score (nSPS) is 17.5. The molecule has 7 nitrogen and oxygen atoms in total. The van der Waals surface area contributed by atoms with Crippen LogP contribution in [0.25, 0.3) is 22.2 Å². The summed E-state index contributed by atoms with van der Waals surface area (Å²) in [6.07, 6.45) is 10.8. The van der Waals surface area contributed by atoms with Gasteiger partial charge in [0.05, 0.1) is 16.8 Å². The van der Waals surface area contributed by atoms with Crippen LogP contribution < -0.4 is 10.6 Å². The number of nitrogens with zero attached hydrogens (tertiary/aromatic N) is 3. The maximum atomic E-state index is 13.6. The summed E-state index contributed by atoms with van der Waals surface area (Å²) >= 11 is 0. The molecule has 3 aromatic rings. The number of pyridine rings is 2. The van der Waals surface area contributed by atoms with E-state index in [1.54, 1.807) is 12.4 Å². The molecule has 2 aliphatic rings. The van der Waals surface area contributed by atoms with Crippen LogP contribution in [0.3, 0.4) is 0 Å². The van der Waals surface area contributed by atoms with Gasteiger partial charge >= 0.3 is 6.03 Å². The molecule has 0 unspecified atom stereocenters. The highest BCUT2D eigenvalue weighted by molar-refractivity contribution is 6.07. The van der Waals surface area contributed by atoms with Crippen molar-refractivity contribution in [2.24, 2.45) is 0 Å². The van der Waals surface area contributed by atoms with Crippen molar-refractivity contribution in [3.05, 3.63) is 60.4 Å². The number of carbonyl (C=O) groups is 2. The molecule has 34 heavy (non-hydrogen) atoms. The average molecular weight is 458 g/mol. The SMILES string of the molecule is O=C(NC1CCCCC1)NC1CCN(C(=O)c2cc(-c3ccncc3)nc3ccccc23)CC1. The summed E-state index contributed by atoms with van der Waals surface area (Å²) in [6, 6.07) is 13.8. The Morgan fingerprint density at radius 2 is 1.53 bits per heavy atom. The number of para-hydroxylation sites is 1. The molecule has 2 fully saturated rings. The number of hydrogen-bond donors (Lipinski definition) is 2. The summed E-state index contributed by atoms with van der Waals surface area (Å²) in [5.74, 6) is 0.0130. The fourth-order valence-corrected chi connectivity index (χ4v) is 5.08. The highest BCUT2D eigenvalue weighted by Gasteiger charge is 2.27. The third kappa shape index (κ3) is 5.03. The number of piperidine rings is 1. The molecular weight excluding hydrogens is 426 g/mol. The Labute approximate surface area is 200 Å². The number of likely N-dealkylation sites (tertiary alicyclic amines) is 1. The fourth-order valence-electron chi connectivity index (χ4n) is 5.08. The van der Waals surface area contributed by atoms with E-state index in [0.717, 1.165) is 47.8 Å². The molecule has 1 aliphatic heterocycles. The van der Waals surface area contributed by atoms with E-state index in [1.165, 1.54) is 19.3 Å². The zero-order chi connectivity index (χ0) is 23.3. The Hall–Kier alpha value is -3.48. The zero-order valence-corrected chi connectivity index (χ0v) is 19.4. The van der Waals surface area contributed by atoms with Crippen LogP contribution in [0, 0.1) is 0 Å². The van der Waals surface area contributed by atoms with Gasteiger partial charge in [-0.05, 0) is 49.9 Å². The van der Waals surface area contributed by atoms with Gasteiger partial charge in [-0.3, -0.25) is 9.78 Å². The number of carbonyl (C=O) groups excluding carboxylic acids is 2. The predicted molar refractivity (Wildman–Crippen MR) is 132 cm³/mol. The minimum absolute atomic E-state index is 0.0130. The molecule has 0 atom stereocenters. The smallest absolute Gasteiger partial charge is 0.315 e. The maximum absolute atomic E-state index is 13.6. The molecule has 7 heteroatoms. The highest BCUT2D eigenvalue weighted by atomic mass is 16.2. The van der Waals surface area contributed by atoms with E-state index in [4.69, 9.17) is 4.98 Å². The first-order valence-corrected chi connectivity index (χ1v) is 12.3. The van der Waals surface area contributed by atoms with Crippen LogP contribution in [0.2, 0.25) is 0 Å². The molecule has 3 heterocycles. The lowest BCUT2D eigenvalue weighted by Gasteiger charge is -2.33. The van der Waals surface area contributed by atoms with E-state index in [9.17, 15) is 9.59 Å². The Bertz CT molecular complexity index is 1150. The molecule has 1 saturated heterocycles. The lowest BCUT2D eigenvalue weighted by molar-refractivity contribution is 0.0710. The van der Waals surface area contributed by atoms with E-state index in [1.807, 2.05) is 47.4 Å². The van der Waals surface area contributed by atoms with Gasteiger partial charge in [0.15, 0.2) is 0 Å². The number of nitrogens with one attached hydrogen (secondary N) is 2. The number of hydrogen-bond acceptors (Lipinski definition) is 4. The molecule has 1 aromatic carbocycles. The van der Waals surface area contributed by atoms with Gasteiger partial charge in [0.1, 0.15) is 0 Å². The number of urea groups is 1. The summed E-state index contributed by atoms with van der Waals surface area (Å²) in [4.78, 5) is 36.8. The van der Waals surface area contributed by atoms with E-state index < -0.39 is 0 Å². The number of amides is 3. The molecule has 5 rings (SSSR count). The first-order chi connectivity index (χ1) is 16.7. The molecular formula is C27H31N5O2. The molecule has 0 radical (unpaired) electrons. The van der Waals surface area contributed by atoms with Gasteiger partial charge in [0, 0.05) is 48.5 Å². The van der Waals surface area contributed by atoms with E-state index in [-0.39, 0.29) is 18.0 Å². The Morgan fingerprint density at radius 3 is 2.26 bits per heavy atom. The van der Waals surface area contributed by atoms with Crippen molar-refractivity contribution in [2.75, 3.05) is 13.1 Å². The van der Waals surface area contributed by atoms with Gasteiger partial charge in [-0.15, -0.1) is 0 Å². The number of rotatable bonds is 4. The fraction of sp³-hybridized carbons (Fsp3) is 0.407. The van der Waals surface area contributed by atoms with Crippen LogP contribution in [0.4, 0.5) is 4.79 Å². The second-order valence-corrected chi connectivity index (χ2v) is 9.33. The minimum atomic E-state index is -0.0706. The lowest BCUT2D eigenvalue weighted by atomic mass is 9.96. The van der Waals surface area contributed by atoms with Crippen LogP contribution in [0.1, 0.15) is 55.3 Å². The van der Waals surface area contributed by atoms with Crippen LogP contribution in [0.5, 0.6) is 0 Å². The second kappa shape index (κ2) is 10.2. The summed E-state index contributed by atoms with van der Waals surface area (Å²) in [6.45, 7) is 1.24.